The van der Waals surface area contributed by atoms with Gasteiger partial charge in [0.15, 0.2) is 0 Å². The standard InChI is InChI=1S/C15H18O/c1-2-6-14-10-12-15(14,16)11-9-13-7-4-3-5-8-13/h3-5,7-8,14,16H,2,6,10,12H2,1H3/t14-,15-/m1/s1. The van der Waals surface area contributed by atoms with E-state index < -0.39 is 5.60 Å². The van der Waals surface area contributed by atoms with E-state index in [4.69, 9.17) is 0 Å². The van der Waals surface area contributed by atoms with Crippen molar-refractivity contribution >= 4 is 0 Å². The predicted octanol–water partition coefficient (Wildman–Crippen LogP) is 2.98. The maximum Gasteiger partial charge on any atom is 0.128 e. The highest BCUT2D eigenvalue weighted by atomic mass is 16.3. The van der Waals surface area contributed by atoms with Gasteiger partial charge in [-0.25, -0.2) is 0 Å². The first-order chi connectivity index (χ1) is 7.74. The van der Waals surface area contributed by atoms with Crippen molar-refractivity contribution < 1.29 is 5.11 Å². The molecule has 1 saturated carbocycles. The van der Waals surface area contributed by atoms with Gasteiger partial charge < -0.3 is 5.11 Å². The van der Waals surface area contributed by atoms with Crippen molar-refractivity contribution in [2.45, 2.75) is 38.2 Å². The Hall–Kier alpha value is -1.26. The molecule has 0 radical (unpaired) electrons. The molecule has 0 bridgehead atoms. The fourth-order valence-corrected chi connectivity index (χ4v) is 2.22. The van der Waals surface area contributed by atoms with Gasteiger partial charge in [-0.3, -0.25) is 0 Å². The average Bonchev–Trinajstić information content (AvgIpc) is 2.33. The van der Waals surface area contributed by atoms with E-state index in [1.165, 1.54) is 0 Å². The molecule has 1 heteroatoms. The Morgan fingerprint density at radius 1 is 1.38 bits per heavy atom. The van der Waals surface area contributed by atoms with Crippen molar-refractivity contribution in [3.63, 3.8) is 0 Å². The second kappa shape index (κ2) is 4.72. The molecule has 0 heterocycles. The van der Waals surface area contributed by atoms with E-state index in [1.807, 2.05) is 30.3 Å². The average molecular weight is 214 g/mol. The smallest absolute Gasteiger partial charge is 0.128 e. The molecule has 0 aliphatic heterocycles. The Morgan fingerprint density at radius 3 is 2.69 bits per heavy atom. The summed E-state index contributed by atoms with van der Waals surface area (Å²) in [4.78, 5) is 0. The third-order valence-electron chi connectivity index (χ3n) is 3.38. The van der Waals surface area contributed by atoms with Crippen molar-refractivity contribution in [1.29, 1.82) is 0 Å². The first kappa shape index (κ1) is 11.2. The number of aliphatic hydroxyl groups is 1. The predicted molar refractivity (Wildman–Crippen MR) is 65.9 cm³/mol. The van der Waals surface area contributed by atoms with Crippen LogP contribution in [0.2, 0.25) is 0 Å². The second-order valence-corrected chi connectivity index (χ2v) is 4.56. The molecule has 0 saturated heterocycles. The Balaban J connectivity index is 2.07. The maximum absolute atomic E-state index is 10.3. The highest BCUT2D eigenvalue weighted by molar-refractivity contribution is 5.37. The van der Waals surface area contributed by atoms with Gasteiger partial charge in [0.2, 0.25) is 0 Å². The van der Waals surface area contributed by atoms with Crippen molar-refractivity contribution in [3.05, 3.63) is 35.9 Å². The Morgan fingerprint density at radius 2 is 2.12 bits per heavy atom. The van der Waals surface area contributed by atoms with Gasteiger partial charge in [0.1, 0.15) is 5.60 Å². The zero-order valence-corrected chi connectivity index (χ0v) is 9.74. The van der Waals surface area contributed by atoms with Gasteiger partial charge in [-0.15, -0.1) is 0 Å². The van der Waals surface area contributed by atoms with Crippen LogP contribution >= 0.6 is 0 Å². The summed E-state index contributed by atoms with van der Waals surface area (Å²) >= 11 is 0. The third kappa shape index (κ3) is 2.28. The fourth-order valence-electron chi connectivity index (χ4n) is 2.22. The number of hydrogen-bond donors (Lipinski definition) is 1. The highest BCUT2D eigenvalue weighted by Crippen LogP contribution is 2.40. The number of benzene rings is 1. The van der Waals surface area contributed by atoms with Crippen molar-refractivity contribution in [3.8, 4) is 11.8 Å². The minimum Gasteiger partial charge on any atom is -0.377 e. The molecule has 16 heavy (non-hydrogen) atoms. The lowest BCUT2D eigenvalue weighted by molar-refractivity contribution is -0.0464. The number of rotatable bonds is 2. The van der Waals surface area contributed by atoms with Crippen LogP contribution in [0.25, 0.3) is 0 Å². The van der Waals surface area contributed by atoms with E-state index >= 15 is 0 Å². The summed E-state index contributed by atoms with van der Waals surface area (Å²) in [5.74, 6) is 6.51. The molecular formula is C15H18O. The molecule has 0 aromatic heterocycles. The van der Waals surface area contributed by atoms with Crippen LogP contribution in [0.3, 0.4) is 0 Å². The zero-order chi connectivity index (χ0) is 11.4. The van der Waals surface area contributed by atoms with Crippen LogP contribution in [-0.4, -0.2) is 10.7 Å². The topological polar surface area (TPSA) is 20.2 Å². The monoisotopic (exact) mass is 214 g/mol. The molecule has 0 unspecified atom stereocenters. The van der Waals surface area contributed by atoms with Gasteiger partial charge in [-0.1, -0.05) is 43.4 Å². The van der Waals surface area contributed by atoms with Gasteiger partial charge in [-0.05, 0) is 37.3 Å². The molecule has 2 rings (SSSR count). The molecule has 1 aromatic rings. The van der Waals surface area contributed by atoms with E-state index in [0.717, 1.165) is 31.2 Å². The lowest BCUT2D eigenvalue weighted by atomic mass is 9.68. The molecule has 1 N–H and O–H groups in total. The Kier molecular flexibility index (Phi) is 3.31. The van der Waals surface area contributed by atoms with Crippen LogP contribution in [0.4, 0.5) is 0 Å². The largest absolute Gasteiger partial charge is 0.377 e. The van der Waals surface area contributed by atoms with E-state index in [9.17, 15) is 5.11 Å². The quantitative estimate of drug-likeness (QED) is 0.750. The third-order valence-corrected chi connectivity index (χ3v) is 3.38. The molecule has 0 amide bonds. The summed E-state index contributed by atoms with van der Waals surface area (Å²) in [6.45, 7) is 2.16. The lowest BCUT2D eigenvalue weighted by Crippen LogP contribution is -2.45. The van der Waals surface area contributed by atoms with Crippen molar-refractivity contribution in [1.82, 2.24) is 0 Å². The second-order valence-electron chi connectivity index (χ2n) is 4.56. The summed E-state index contributed by atoms with van der Waals surface area (Å²) in [6.07, 6.45) is 4.16. The van der Waals surface area contributed by atoms with Gasteiger partial charge in [0, 0.05) is 5.56 Å². The number of hydrogen-bond acceptors (Lipinski definition) is 1. The lowest BCUT2D eigenvalue weighted by Gasteiger charge is -2.41. The maximum atomic E-state index is 10.3. The van der Waals surface area contributed by atoms with Crippen molar-refractivity contribution in [2.75, 3.05) is 0 Å². The van der Waals surface area contributed by atoms with Crippen LogP contribution < -0.4 is 0 Å². The summed E-state index contributed by atoms with van der Waals surface area (Å²) in [7, 11) is 0. The first-order valence-corrected chi connectivity index (χ1v) is 6.05. The molecule has 0 spiro atoms. The van der Waals surface area contributed by atoms with Crippen LogP contribution in [-0.2, 0) is 0 Å². The van der Waals surface area contributed by atoms with Gasteiger partial charge in [0.05, 0.1) is 0 Å². The Bertz CT molecular complexity index is 398. The summed E-state index contributed by atoms with van der Waals surface area (Å²) in [5, 5.41) is 10.3. The summed E-state index contributed by atoms with van der Waals surface area (Å²) in [6, 6.07) is 9.87. The van der Waals surface area contributed by atoms with Gasteiger partial charge in [0.25, 0.3) is 0 Å². The molecule has 1 aliphatic rings. The van der Waals surface area contributed by atoms with E-state index in [0.29, 0.717) is 5.92 Å². The summed E-state index contributed by atoms with van der Waals surface area (Å²) in [5.41, 5.74) is 0.268. The normalized spacial score (nSPS) is 27.8. The molecular weight excluding hydrogens is 196 g/mol. The first-order valence-electron chi connectivity index (χ1n) is 6.05. The molecule has 2 atom stereocenters. The Labute approximate surface area is 97.5 Å². The summed E-state index contributed by atoms with van der Waals surface area (Å²) < 4.78 is 0. The molecule has 84 valence electrons. The van der Waals surface area contributed by atoms with E-state index in [1.54, 1.807) is 0 Å². The van der Waals surface area contributed by atoms with Crippen LogP contribution in [0.1, 0.15) is 38.2 Å². The van der Waals surface area contributed by atoms with Crippen LogP contribution in [0.5, 0.6) is 0 Å². The molecule has 1 nitrogen and oxygen atoms in total. The molecule has 1 aromatic carbocycles. The van der Waals surface area contributed by atoms with Gasteiger partial charge in [-0.2, -0.15) is 0 Å². The SMILES string of the molecule is CCC[C@@H]1CC[C@]1(O)C#Cc1ccccc1. The van der Waals surface area contributed by atoms with Crippen LogP contribution in [0.15, 0.2) is 30.3 Å². The van der Waals surface area contributed by atoms with Crippen molar-refractivity contribution in [2.24, 2.45) is 5.92 Å². The van der Waals surface area contributed by atoms with Gasteiger partial charge >= 0.3 is 0 Å². The molecule has 1 fully saturated rings. The van der Waals surface area contributed by atoms with E-state index in [2.05, 4.69) is 18.8 Å². The fraction of sp³-hybridized carbons (Fsp3) is 0.467. The molecule has 1 aliphatic carbocycles. The van der Waals surface area contributed by atoms with E-state index in [-0.39, 0.29) is 0 Å². The minimum atomic E-state index is -0.716. The minimum absolute atomic E-state index is 0.383. The van der Waals surface area contributed by atoms with Crippen LogP contribution in [0, 0.1) is 17.8 Å². The highest BCUT2D eigenvalue weighted by Gasteiger charge is 2.42. The zero-order valence-electron chi connectivity index (χ0n) is 9.74.